The standard InChI is InChI=1S/C17H13Cl2N3O/c1-11-9-16(21-22(11)19)17(23)20-15-4-2-3-13(10-15)12-5-7-14(18)8-6-12/h2-10H,1H3,(H,20,23). The molecule has 1 amide bonds. The van der Waals surface area contributed by atoms with Gasteiger partial charge in [0.15, 0.2) is 5.69 Å². The highest BCUT2D eigenvalue weighted by Gasteiger charge is 2.12. The van der Waals surface area contributed by atoms with Crippen LogP contribution in [-0.2, 0) is 0 Å². The van der Waals surface area contributed by atoms with Gasteiger partial charge in [0.25, 0.3) is 5.91 Å². The molecular formula is C17H13Cl2N3O. The molecule has 116 valence electrons. The predicted octanol–water partition coefficient (Wildman–Crippen LogP) is 4.77. The maximum absolute atomic E-state index is 12.2. The fraction of sp³-hybridized carbons (Fsp3) is 0.0588. The van der Waals surface area contributed by atoms with Crippen molar-refractivity contribution in [3.8, 4) is 11.1 Å². The van der Waals surface area contributed by atoms with Gasteiger partial charge in [-0.05, 0) is 48.4 Å². The van der Waals surface area contributed by atoms with Crippen LogP contribution < -0.4 is 5.32 Å². The Balaban J connectivity index is 1.82. The molecule has 3 rings (SSSR count). The van der Waals surface area contributed by atoms with Crippen molar-refractivity contribution in [2.75, 3.05) is 5.32 Å². The Labute approximate surface area is 143 Å². The quantitative estimate of drug-likeness (QED) is 0.743. The summed E-state index contributed by atoms with van der Waals surface area (Å²) in [6, 6.07) is 16.7. The van der Waals surface area contributed by atoms with Gasteiger partial charge in [-0.1, -0.05) is 35.9 Å². The van der Waals surface area contributed by atoms with Gasteiger partial charge in [-0.15, -0.1) is 0 Å². The molecule has 1 heterocycles. The first-order valence-corrected chi connectivity index (χ1v) is 7.65. The van der Waals surface area contributed by atoms with Crippen molar-refractivity contribution in [1.29, 1.82) is 0 Å². The van der Waals surface area contributed by atoms with E-state index in [0.29, 0.717) is 16.4 Å². The summed E-state index contributed by atoms with van der Waals surface area (Å²) < 4.78 is 1.15. The molecule has 0 saturated carbocycles. The molecule has 23 heavy (non-hydrogen) atoms. The van der Waals surface area contributed by atoms with Crippen molar-refractivity contribution >= 4 is 35.0 Å². The molecule has 1 aromatic heterocycles. The largest absolute Gasteiger partial charge is 0.321 e. The van der Waals surface area contributed by atoms with E-state index in [1.54, 1.807) is 13.0 Å². The second kappa shape index (κ2) is 6.44. The summed E-state index contributed by atoms with van der Waals surface area (Å²) in [5, 5.41) is 7.46. The molecule has 0 aliphatic heterocycles. The van der Waals surface area contributed by atoms with Gasteiger partial charge in [-0.25, -0.2) is 0 Å². The number of hydrogen-bond acceptors (Lipinski definition) is 2. The number of amides is 1. The summed E-state index contributed by atoms with van der Waals surface area (Å²) >= 11 is 11.7. The Morgan fingerprint density at radius 2 is 1.83 bits per heavy atom. The molecule has 0 saturated heterocycles. The number of aromatic nitrogens is 2. The number of carbonyl (C=O) groups is 1. The van der Waals surface area contributed by atoms with Gasteiger partial charge in [0.05, 0.1) is 5.69 Å². The van der Waals surface area contributed by atoms with E-state index in [1.165, 1.54) is 0 Å². The van der Waals surface area contributed by atoms with Crippen LogP contribution in [0.4, 0.5) is 5.69 Å². The third kappa shape index (κ3) is 3.55. The smallest absolute Gasteiger partial charge is 0.276 e. The summed E-state index contributed by atoms with van der Waals surface area (Å²) in [6.07, 6.45) is 0. The Bertz CT molecular complexity index is 837. The van der Waals surface area contributed by atoms with Gasteiger partial charge in [-0.2, -0.15) is 9.30 Å². The van der Waals surface area contributed by atoms with Gasteiger partial charge in [0, 0.05) is 22.5 Å². The average molecular weight is 346 g/mol. The first-order chi connectivity index (χ1) is 11.0. The molecule has 4 nitrogen and oxygen atoms in total. The fourth-order valence-electron chi connectivity index (χ4n) is 2.18. The Morgan fingerprint density at radius 1 is 1.09 bits per heavy atom. The van der Waals surface area contributed by atoms with Crippen LogP contribution >= 0.6 is 23.4 Å². The van der Waals surface area contributed by atoms with Crippen LogP contribution in [-0.4, -0.2) is 15.2 Å². The second-order valence-corrected chi connectivity index (χ2v) is 5.83. The number of nitrogens with one attached hydrogen (secondary N) is 1. The topological polar surface area (TPSA) is 46.9 Å². The van der Waals surface area contributed by atoms with Gasteiger partial charge in [0.2, 0.25) is 0 Å². The molecule has 0 spiro atoms. The minimum atomic E-state index is -0.305. The Hall–Kier alpha value is -2.30. The summed E-state index contributed by atoms with van der Waals surface area (Å²) in [4.78, 5) is 12.2. The zero-order valence-corrected chi connectivity index (χ0v) is 13.8. The van der Waals surface area contributed by atoms with Crippen molar-refractivity contribution in [3.63, 3.8) is 0 Å². The van der Waals surface area contributed by atoms with E-state index in [0.717, 1.165) is 15.3 Å². The van der Waals surface area contributed by atoms with Gasteiger partial charge >= 0.3 is 0 Å². The number of aryl methyl sites for hydroxylation is 1. The highest BCUT2D eigenvalue weighted by molar-refractivity contribution is 6.30. The third-order valence-corrected chi connectivity index (χ3v) is 3.96. The van der Waals surface area contributed by atoms with E-state index in [4.69, 9.17) is 23.4 Å². The lowest BCUT2D eigenvalue weighted by Gasteiger charge is -2.07. The number of nitrogens with zero attached hydrogens (tertiary/aromatic N) is 2. The van der Waals surface area contributed by atoms with Crippen molar-refractivity contribution in [3.05, 3.63) is 71.0 Å². The van der Waals surface area contributed by atoms with E-state index in [9.17, 15) is 4.79 Å². The molecule has 0 aliphatic carbocycles. The molecule has 0 atom stereocenters. The molecule has 0 unspecified atom stereocenters. The molecule has 0 radical (unpaired) electrons. The first kappa shape index (κ1) is 15.6. The van der Waals surface area contributed by atoms with Crippen LogP contribution in [0.3, 0.4) is 0 Å². The fourth-order valence-corrected chi connectivity index (χ4v) is 2.43. The van der Waals surface area contributed by atoms with Crippen LogP contribution in [0, 0.1) is 6.92 Å². The number of benzene rings is 2. The first-order valence-electron chi connectivity index (χ1n) is 6.93. The monoisotopic (exact) mass is 345 g/mol. The van der Waals surface area contributed by atoms with E-state index in [-0.39, 0.29) is 11.6 Å². The summed E-state index contributed by atoms with van der Waals surface area (Å²) in [7, 11) is 0. The number of carbonyl (C=O) groups excluding carboxylic acids is 1. The molecule has 1 N–H and O–H groups in total. The lowest BCUT2D eigenvalue weighted by molar-refractivity contribution is 0.102. The Kier molecular flexibility index (Phi) is 4.37. The highest BCUT2D eigenvalue weighted by Crippen LogP contribution is 2.24. The van der Waals surface area contributed by atoms with E-state index < -0.39 is 0 Å². The maximum Gasteiger partial charge on any atom is 0.276 e. The SMILES string of the molecule is Cc1cc(C(=O)Nc2cccc(-c3ccc(Cl)cc3)c2)nn1Cl. The minimum Gasteiger partial charge on any atom is -0.321 e. The van der Waals surface area contributed by atoms with Crippen molar-refractivity contribution in [2.45, 2.75) is 6.92 Å². The second-order valence-electron chi connectivity index (χ2n) is 5.07. The predicted molar refractivity (Wildman–Crippen MR) is 93.1 cm³/mol. The van der Waals surface area contributed by atoms with Gasteiger partial charge in [0.1, 0.15) is 0 Å². The van der Waals surface area contributed by atoms with Crippen molar-refractivity contribution in [1.82, 2.24) is 9.30 Å². The zero-order valence-electron chi connectivity index (χ0n) is 12.3. The minimum absolute atomic E-state index is 0.273. The molecule has 2 aromatic carbocycles. The molecule has 0 bridgehead atoms. The number of halogens is 2. The molecule has 6 heteroatoms. The van der Waals surface area contributed by atoms with Crippen LogP contribution in [0.1, 0.15) is 16.2 Å². The van der Waals surface area contributed by atoms with Gasteiger partial charge in [-0.3, -0.25) is 4.79 Å². The van der Waals surface area contributed by atoms with Crippen molar-refractivity contribution < 1.29 is 4.79 Å². The number of anilines is 1. The number of rotatable bonds is 3. The summed E-state index contributed by atoms with van der Waals surface area (Å²) in [6.45, 7) is 1.78. The normalized spacial score (nSPS) is 10.6. The van der Waals surface area contributed by atoms with Crippen LogP contribution in [0.2, 0.25) is 5.02 Å². The zero-order chi connectivity index (χ0) is 16.4. The molecular weight excluding hydrogens is 333 g/mol. The van der Waals surface area contributed by atoms with E-state index in [2.05, 4.69) is 10.4 Å². The van der Waals surface area contributed by atoms with Crippen LogP contribution in [0.5, 0.6) is 0 Å². The molecule has 0 aliphatic rings. The lowest BCUT2D eigenvalue weighted by atomic mass is 10.1. The average Bonchev–Trinajstić information content (AvgIpc) is 2.88. The van der Waals surface area contributed by atoms with E-state index >= 15 is 0 Å². The van der Waals surface area contributed by atoms with Gasteiger partial charge < -0.3 is 5.32 Å². The van der Waals surface area contributed by atoms with Crippen LogP contribution in [0.25, 0.3) is 11.1 Å². The summed E-state index contributed by atoms with van der Waals surface area (Å²) in [5.41, 5.74) is 3.66. The molecule has 0 fully saturated rings. The number of hydrogen-bond donors (Lipinski definition) is 1. The van der Waals surface area contributed by atoms with E-state index in [1.807, 2.05) is 48.5 Å². The van der Waals surface area contributed by atoms with Crippen molar-refractivity contribution in [2.24, 2.45) is 0 Å². The maximum atomic E-state index is 12.2. The highest BCUT2D eigenvalue weighted by atomic mass is 35.5. The summed E-state index contributed by atoms with van der Waals surface area (Å²) in [5.74, 6) is -0.305. The molecule has 3 aromatic rings. The lowest BCUT2D eigenvalue weighted by Crippen LogP contribution is -2.12. The Morgan fingerprint density at radius 3 is 2.48 bits per heavy atom. The third-order valence-electron chi connectivity index (χ3n) is 3.36. The van der Waals surface area contributed by atoms with Crippen LogP contribution in [0.15, 0.2) is 54.6 Å².